The van der Waals surface area contributed by atoms with Crippen molar-refractivity contribution in [1.29, 1.82) is 0 Å². The van der Waals surface area contributed by atoms with Crippen molar-refractivity contribution in [2.75, 3.05) is 6.61 Å². The van der Waals surface area contributed by atoms with Crippen LogP contribution in [0.4, 0.5) is 0 Å². The molecule has 8 heteroatoms. The molecule has 1 saturated carbocycles. The number of nitrogens with one attached hydrogen (secondary N) is 1. The van der Waals surface area contributed by atoms with Crippen LogP contribution in [-0.2, 0) is 0 Å². The third-order valence-electron chi connectivity index (χ3n) is 4.72. The monoisotopic (exact) mass is 319 g/mol. The standard InChI is InChI=1S/C14H25NO7/c1-5-2-8(17)12(20)13(21)9(5)15-7-3-6(4-16)10(18)14(22)11(7)19/h3,5,7-22H,2,4H2,1H3/t5-,7-,8-,9+,10+,11-,12-,13-,14-/m0/s1. The van der Waals surface area contributed by atoms with E-state index in [0.717, 1.165) is 0 Å². The first-order chi connectivity index (χ1) is 10.3. The van der Waals surface area contributed by atoms with Crippen molar-refractivity contribution in [1.82, 2.24) is 5.32 Å². The van der Waals surface area contributed by atoms with Gasteiger partial charge in [-0.3, -0.25) is 0 Å². The fourth-order valence-electron chi connectivity index (χ4n) is 3.27. The molecule has 2 rings (SSSR count). The summed E-state index contributed by atoms with van der Waals surface area (Å²) in [5, 5.41) is 71.3. The second-order valence-electron chi connectivity index (χ2n) is 6.31. The Labute approximate surface area is 128 Å². The quantitative estimate of drug-likeness (QED) is 0.249. The SMILES string of the molecule is C[C@H]1C[C@H](O)[C@H](O)[C@@H](O)[C@@H]1N[C@H]1C=C(CO)[C@@H](O)[C@H](O)[C@H]1O. The molecule has 0 aromatic heterocycles. The summed E-state index contributed by atoms with van der Waals surface area (Å²) in [7, 11) is 0. The van der Waals surface area contributed by atoms with Crippen LogP contribution in [0.2, 0.25) is 0 Å². The average Bonchev–Trinajstić information content (AvgIpc) is 2.49. The van der Waals surface area contributed by atoms with Crippen molar-refractivity contribution in [3.63, 3.8) is 0 Å². The molecule has 8 N–H and O–H groups in total. The third kappa shape index (κ3) is 3.19. The second kappa shape index (κ2) is 6.90. The molecule has 2 aliphatic carbocycles. The molecule has 22 heavy (non-hydrogen) atoms. The van der Waals surface area contributed by atoms with Gasteiger partial charge < -0.3 is 41.1 Å². The number of aliphatic hydroxyl groups excluding tert-OH is 7. The predicted molar refractivity (Wildman–Crippen MR) is 75.7 cm³/mol. The van der Waals surface area contributed by atoms with Crippen LogP contribution in [0.5, 0.6) is 0 Å². The summed E-state index contributed by atoms with van der Waals surface area (Å²) in [6.45, 7) is 1.32. The summed E-state index contributed by atoms with van der Waals surface area (Å²) < 4.78 is 0. The Morgan fingerprint density at radius 3 is 2.23 bits per heavy atom. The van der Waals surface area contributed by atoms with Crippen LogP contribution in [0.3, 0.4) is 0 Å². The number of hydrogen-bond acceptors (Lipinski definition) is 8. The van der Waals surface area contributed by atoms with Crippen LogP contribution in [0.15, 0.2) is 11.6 Å². The maximum absolute atomic E-state index is 10.1. The van der Waals surface area contributed by atoms with E-state index in [1.54, 1.807) is 6.92 Å². The minimum atomic E-state index is -1.46. The zero-order valence-electron chi connectivity index (χ0n) is 12.3. The molecule has 0 aliphatic heterocycles. The zero-order valence-corrected chi connectivity index (χ0v) is 12.3. The Bertz CT molecular complexity index is 418. The van der Waals surface area contributed by atoms with Crippen molar-refractivity contribution in [3.05, 3.63) is 11.6 Å². The highest BCUT2D eigenvalue weighted by atomic mass is 16.4. The highest BCUT2D eigenvalue weighted by Crippen LogP contribution is 2.28. The molecular weight excluding hydrogens is 294 g/mol. The van der Waals surface area contributed by atoms with E-state index < -0.39 is 55.3 Å². The minimum absolute atomic E-state index is 0.175. The molecule has 0 bridgehead atoms. The van der Waals surface area contributed by atoms with E-state index in [0.29, 0.717) is 0 Å². The summed E-state index contributed by atoms with van der Waals surface area (Å²) in [4.78, 5) is 0. The lowest BCUT2D eigenvalue weighted by Crippen LogP contribution is -2.63. The van der Waals surface area contributed by atoms with E-state index in [4.69, 9.17) is 0 Å². The number of rotatable bonds is 3. The van der Waals surface area contributed by atoms with Crippen LogP contribution in [0.1, 0.15) is 13.3 Å². The van der Waals surface area contributed by atoms with Crippen molar-refractivity contribution >= 4 is 0 Å². The fourth-order valence-corrected chi connectivity index (χ4v) is 3.27. The summed E-state index contributed by atoms with van der Waals surface area (Å²) in [6, 6.07) is -1.42. The van der Waals surface area contributed by atoms with Gasteiger partial charge >= 0.3 is 0 Å². The molecule has 128 valence electrons. The molecule has 9 atom stereocenters. The average molecular weight is 319 g/mol. The van der Waals surface area contributed by atoms with E-state index in [9.17, 15) is 35.7 Å². The molecule has 8 nitrogen and oxygen atoms in total. The fraction of sp³-hybridized carbons (Fsp3) is 0.857. The van der Waals surface area contributed by atoms with E-state index in [1.165, 1.54) is 6.08 Å². The molecule has 0 radical (unpaired) electrons. The lowest BCUT2D eigenvalue weighted by molar-refractivity contribution is -0.120. The van der Waals surface area contributed by atoms with E-state index in [2.05, 4.69) is 5.32 Å². The molecule has 0 amide bonds. The largest absolute Gasteiger partial charge is 0.392 e. The Balaban J connectivity index is 2.16. The Kier molecular flexibility index (Phi) is 5.57. The molecule has 0 aromatic carbocycles. The van der Waals surface area contributed by atoms with Crippen molar-refractivity contribution in [3.8, 4) is 0 Å². The first kappa shape index (κ1) is 17.8. The lowest BCUT2D eigenvalue weighted by atomic mass is 9.78. The van der Waals surface area contributed by atoms with Gasteiger partial charge in [0.1, 0.15) is 24.4 Å². The molecule has 1 fully saturated rings. The molecule has 0 spiro atoms. The van der Waals surface area contributed by atoms with Gasteiger partial charge in [0.05, 0.1) is 24.9 Å². The Morgan fingerprint density at radius 1 is 1.00 bits per heavy atom. The van der Waals surface area contributed by atoms with E-state index in [1.807, 2.05) is 0 Å². The van der Waals surface area contributed by atoms with Gasteiger partial charge in [-0.25, -0.2) is 0 Å². The lowest BCUT2D eigenvalue weighted by Gasteiger charge is -2.43. The number of aliphatic hydroxyl groups is 7. The number of hydrogen-bond donors (Lipinski definition) is 8. The summed E-state index contributed by atoms with van der Waals surface area (Å²) in [5.74, 6) is -0.185. The smallest absolute Gasteiger partial charge is 0.111 e. The van der Waals surface area contributed by atoms with Gasteiger partial charge in [0.2, 0.25) is 0 Å². The molecule has 0 unspecified atom stereocenters. The predicted octanol–water partition coefficient (Wildman–Crippen LogP) is -3.55. The first-order valence-electron chi connectivity index (χ1n) is 7.43. The molecule has 0 heterocycles. The van der Waals surface area contributed by atoms with Crippen molar-refractivity contribution < 1.29 is 35.7 Å². The van der Waals surface area contributed by atoms with Crippen LogP contribution >= 0.6 is 0 Å². The molecule has 0 saturated heterocycles. The van der Waals surface area contributed by atoms with Gasteiger partial charge in [-0.05, 0) is 17.9 Å². The Morgan fingerprint density at radius 2 is 1.64 bits per heavy atom. The maximum Gasteiger partial charge on any atom is 0.111 e. The topological polar surface area (TPSA) is 154 Å². The van der Waals surface area contributed by atoms with Gasteiger partial charge in [0.15, 0.2) is 0 Å². The highest BCUT2D eigenvalue weighted by molar-refractivity contribution is 5.22. The summed E-state index contributed by atoms with van der Waals surface area (Å²) in [6.07, 6.45) is -5.99. The van der Waals surface area contributed by atoms with Crippen molar-refractivity contribution in [2.24, 2.45) is 5.92 Å². The van der Waals surface area contributed by atoms with Crippen molar-refractivity contribution in [2.45, 2.75) is 62.1 Å². The van der Waals surface area contributed by atoms with Gasteiger partial charge in [0.25, 0.3) is 0 Å². The van der Waals surface area contributed by atoms with Crippen LogP contribution in [-0.4, -0.2) is 91.1 Å². The molecule has 0 aromatic rings. The molecular formula is C14H25NO7. The Hall–Kier alpha value is -0.580. The summed E-state index contributed by atoms with van der Waals surface area (Å²) >= 11 is 0. The van der Waals surface area contributed by atoms with Gasteiger partial charge in [0, 0.05) is 6.04 Å². The van der Waals surface area contributed by atoms with E-state index in [-0.39, 0.29) is 17.9 Å². The van der Waals surface area contributed by atoms with Crippen LogP contribution < -0.4 is 5.32 Å². The summed E-state index contributed by atoms with van der Waals surface area (Å²) in [5.41, 5.74) is 0.175. The minimum Gasteiger partial charge on any atom is -0.392 e. The van der Waals surface area contributed by atoms with Gasteiger partial charge in [-0.2, -0.15) is 0 Å². The van der Waals surface area contributed by atoms with Gasteiger partial charge in [-0.15, -0.1) is 0 Å². The van der Waals surface area contributed by atoms with Crippen LogP contribution in [0, 0.1) is 5.92 Å². The van der Waals surface area contributed by atoms with E-state index >= 15 is 0 Å². The first-order valence-corrected chi connectivity index (χ1v) is 7.43. The highest BCUT2D eigenvalue weighted by Gasteiger charge is 2.44. The van der Waals surface area contributed by atoms with Crippen LogP contribution in [0.25, 0.3) is 0 Å². The second-order valence-corrected chi connectivity index (χ2v) is 6.31. The maximum atomic E-state index is 10.1. The molecule has 2 aliphatic rings. The van der Waals surface area contributed by atoms with Gasteiger partial charge in [-0.1, -0.05) is 13.0 Å². The third-order valence-corrected chi connectivity index (χ3v) is 4.72. The zero-order chi connectivity index (χ0) is 16.6. The normalized spacial score (nSPS) is 49.8.